The van der Waals surface area contributed by atoms with Crippen molar-refractivity contribution in [3.05, 3.63) is 315 Å². The average molecular weight is 1020 g/mol. The van der Waals surface area contributed by atoms with Crippen LogP contribution in [-0.2, 0) is 0 Å². The van der Waals surface area contributed by atoms with E-state index in [9.17, 15) is 0 Å². The van der Waals surface area contributed by atoms with Crippen LogP contribution in [0.15, 0.2) is 309 Å². The van der Waals surface area contributed by atoms with Gasteiger partial charge in [0.2, 0.25) is 0 Å². The summed E-state index contributed by atoms with van der Waals surface area (Å²) in [6, 6.07) is 107. The third kappa shape index (κ3) is 8.65. The van der Waals surface area contributed by atoms with Crippen molar-refractivity contribution >= 4 is 71.1 Å². The minimum absolute atomic E-state index is 0.889. The Morgan fingerprint density at radius 2 is 0.713 bits per heavy atom. The third-order valence-electron chi connectivity index (χ3n) is 16.5. The molecular weight excluding hydrogens is 965 g/mol. The normalized spacial score (nSPS) is 12.6. The molecule has 0 saturated heterocycles. The molecule has 0 saturated carbocycles. The molecule has 0 spiro atoms. The Balaban J connectivity index is 0.764. The lowest BCUT2D eigenvalue weighted by Crippen LogP contribution is -2.17. The van der Waals surface area contributed by atoms with Crippen molar-refractivity contribution in [3.8, 4) is 61.3 Å². The van der Waals surface area contributed by atoms with Crippen molar-refractivity contribution in [2.24, 2.45) is 0 Å². The van der Waals surface area contributed by atoms with E-state index in [0.717, 1.165) is 24.2 Å². The second-order valence-corrected chi connectivity index (χ2v) is 21.2. The van der Waals surface area contributed by atoms with Crippen LogP contribution in [0.3, 0.4) is 0 Å². The van der Waals surface area contributed by atoms with Crippen LogP contribution in [0.5, 0.6) is 0 Å². The van der Waals surface area contributed by atoms with E-state index in [4.69, 9.17) is 0 Å². The highest BCUT2D eigenvalue weighted by atomic mass is 15.1. The molecule has 0 radical (unpaired) electrons. The number of allylic oxidation sites excluding steroid dienone is 4. The molecule has 1 aliphatic rings. The second-order valence-electron chi connectivity index (χ2n) is 21.2. The van der Waals surface area contributed by atoms with Gasteiger partial charge < -0.3 is 9.47 Å². The number of hydrogen-bond donors (Lipinski definition) is 0. The van der Waals surface area contributed by atoms with Gasteiger partial charge >= 0.3 is 0 Å². The Kier molecular flexibility index (Phi) is 11.7. The Morgan fingerprint density at radius 3 is 1.31 bits per heavy atom. The van der Waals surface area contributed by atoms with Crippen molar-refractivity contribution < 1.29 is 0 Å². The fourth-order valence-corrected chi connectivity index (χ4v) is 12.4. The standard InChI is InChI=1S/C78H54N2/c1-2-13-53(14-3-1)62-31-27-57-29-33-64(50-67(57)48-62)65-34-30-58-28-32-63(49-68(58)51-65)56-39-45-71(46-40-56)79(69-41-35-54(36-42-69)60-17-10-19-66(47-60)74-24-12-16-59-15-4-5-21-73(59)74)70-43-37-55(38-44-70)61-18-11-20-72(52-61)80-77-25-8-6-22-75(77)76-23-7-9-26-78(76)80/h1-37,39-43,45-52H,38,44H2. The summed E-state index contributed by atoms with van der Waals surface area (Å²) in [5.41, 5.74) is 21.9. The zero-order chi connectivity index (χ0) is 52.9. The number of anilines is 2. The van der Waals surface area contributed by atoms with Gasteiger partial charge in [-0.3, -0.25) is 0 Å². The first-order chi connectivity index (χ1) is 39.6. The van der Waals surface area contributed by atoms with E-state index < -0.39 is 0 Å². The van der Waals surface area contributed by atoms with Gasteiger partial charge in [0, 0.05) is 33.5 Å². The summed E-state index contributed by atoms with van der Waals surface area (Å²) in [5, 5.41) is 10.0. The Labute approximate surface area is 466 Å². The molecule has 15 rings (SSSR count). The predicted octanol–water partition coefficient (Wildman–Crippen LogP) is 21.5. The molecule has 0 amide bonds. The molecule has 0 aliphatic heterocycles. The first-order valence-corrected chi connectivity index (χ1v) is 27.8. The number of aromatic nitrogens is 1. The van der Waals surface area contributed by atoms with E-state index in [0.29, 0.717) is 0 Å². The molecule has 80 heavy (non-hydrogen) atoms. The molecule has 13 aromatic carbocycles. The molecule has 1 aromatic heterocycles. The van der Waals surface area contributed by atoms with Gasteiger partial charge in [0.05, 0.1) is 11.0 Å². The van der Waals surface area contributed by atoms with Gasteiger partial charge in [-0.2, -0.15) is 0 Å². The molecule has 2 heteroatoms. The van der Waals surface area contributed by atoms with E-state index in [1.807, 2.05) is 0 Å². The van der Waals surface area contributed by atoms with Gasteiger partial charge in [0.1, 0.15) is 0 Å². The molecule has 0 N–H and O–H groups in total. The summed E-state index contributed by atoms with van der Waals surface area (Å²) in [6.07, 6.45) is 6.51. The number of nitrogens with zero attached hydrogens (tertiary/aromatic N) is 2. The van der Waals surface area contributed by atoms with Gasteiger partial charge in [-0.05, 0) is 197 Å². The van der Waals surface area contributed by atoms with Crippen LogP contribution in [0.2, 0.25) is 0 Å². The van der Waals surface area contributed by atoms with Gasteiger partial charge in [-0.1, -0.05) is 218 Å². The van der Waals surface area contributed by atoms with Crippen molar-refractivity contribution in [2.75, 3.05) is 4.90 Å². The minimum Gasteiger partial charge on any atom is -0.314 e. The number of hydrogen-bond acceptors (Lipinski definition) is 1. The first-order valence-electron chi connectivity index (χ1n) is 27.8. The minimum atomic E-state index is 0.889. The topological polar surface area (TPSA) is 8.17 Å². The van der Waals surface area contributed by atoms with Crippen molar-refractivity contribution in [3.63, 3.8) is 0 Å². The maximum atomic E-state index is 2.46. The summed E-state index contributed by atoms with van der Waals surface area (Å²) < 4.78 is 2.41. The summed E-state index contributed by atoms with van der Waals surface area (Å²) in [4.78, 5) is 2.46. The number of rotatable bonds is 10. The van der Waals surface area contributed by atoms with E-state index in [2.05, 4.69) is 313 Å². The second kappa shape index (κ2) is 19.9. The first kappa shape index (κ1) is 47.0. The molecule has 2 nitrogen and oxygen atoms in total. The molecule has 0 atom stereocenters. The quantitative estimate of drug-likeness (QED) is 0.133. The van der Waals surface area contributed by atoms with E-state index in [-0.39, 0.29) is 0 Å². The molecule has 0 bridgehead atoms. The monoisotopic (exact) mass is 1020 g/mol. The fourth-order valence-electron chi connectivity index (χ4n) is 12.4. The van der Waals surface area contributed by atoms with E-state index >= 15 is 0 Å². The number of benzene rings is 13. The lowest BCUT2D eigenvalue weighted by Gasteiger charge is -2.30. The zero-order valence-electron chi connectivity index (χ0n) is 44.2. The average Bonchev–Trinajstić information content (AvgIpc) is 3.92. The lowest BCUT2D eigenvalue weighted by molar-refractivity contribution is 0.929. The molecular formula is C78H54N2. The fraction of sp³-hybridized carbons (Fsp3) is 0.0256. The van der Waals surface area contributed by atoms with Crippen molar-refractivity contribution in [2.45, 2.75) is 12.8 Å². The van der Waals surface area contributed by atoms with Gasteiger partial charge in [0.15, 0.2) is 0 Å². The summed E-state index contributed by atoms with van der Waals surface area (Å²) in [7, 11) is 0. The van der Waals surface area contributed by atoms with Crippen LogP contribution in [-0.4, -0.2) is 4.57 Å². The largest absolute Gasteiger partial charge is 0.314 e. The van der Waals surface area contributed by atoms with Gasteiger partial charge in [-0.15, -0.1) is 0 Å². The van der Waals surface area contributed by atoms with E-state index in [1.54, 1.807) is 0 Å². The highest BCUT2D eigenvalue weighted by Crippen LogP contribution is 2.41. The van der Waals surface area contributed by atoms with Gasteiger partial charge in [-0.25, -0.2) is 0 Å². The van der Waals surface area contributed by atoms with Crippen molar-refractivity contribution in [1.82, 2.24) is 4.57 Å². The molecule has 1 heterocycles. The Bertz CT molecular complexity index is 4690. The van der Waals surface area contributed by atoms with Gasteiger partial charge in [0.25, 0.3) is 0 Å². The van der Waals surface area contributed by atoms with Crippen LogP contribution in [0, 0.1) is 0 Å². The van der Waals surface area contributed by atoms with E-state index in [1.165, 1.54) is 132 Å². The smallest absolute Gasteiger partial charge is 0.0541 e. The lowest BCUT2D eigenvalue weighted by atomic mass is 9.94. The Morgan fingerprint density at radius 1 is 0.263 bits per heavy atom. The highest BCUT2D eigenvalue weighted by molar-refractivity contribution is 6.09. The summed E-state index contributed by atoms with van der Waals surface area (Å²) in [5.74, 6) is 0. The van der Waals surface area contributed by atoms with Crippen LogP contribution in [0.1, 0.15) is 18.4 Å². The van der Waals surface area contributed by atoms with Crippen LogP contribution >= 0.6 is 0 Å². The molecule has 376 valence electrons. The molecule has 1 aliphatic carbocycles. The zero-order valence-corrected chi connectivity index (χ0v) is 44.2. The SMILES string of the molecule is C1=C(c2cccc(-n3c4ccccc4c4ccccc43)c2)CCC(N(c2ccc(-c3cccc(-c4cccc5ccccc45)c3)cc2)c2ccc(-c3ccc4ccc(-c5ccc6ccc(-c7ccccc7)cc6c5)cc4c3)cc2)=C1. The molecule has 0 unspecified atom stereocenters. The number of para-hydroxylation sites is 2. The summed E-state index contributed by atoms with van der Waals surface area (Å²) >= 11 is 0. The van der Waals surface area contributed by atoms with Crippen LogP contribution in [0.4, 0.5) is 11.4 Å². The number of fused-ring (bicyclic) bond motifs is 6. The summed E-state index contributed by atoms with van der Waals surface area (Å²) in [6.45, 7) is 0. The third-order valence-corrected chi connectivity index (χ3v) is 16.5. The van der Waals surface area contributed by atoms with Crippen molar-refractivity contribution in [1.29, 1.82) is 0 Å². The maximum Gasteiger partial charge on any atom is 0.0541 e. The molecule has 0 fully saturated rings. The van der Waals surface area contributed by atoms with Crippen LogP contribution < -0.4 is 4.90 Å². The van der Waals surface area contributed by atoms with Crippen LogP contribution in [0.25, 0.3) is 121 Å². The maximum absolute atomic E-state index is 2.46. The highest BCUT2D eigenvalue weighted by Gasteiger charge is 2.20. The Hall–Kier alpha value is -10.3. The molecule has 14 aromatic rings. The predicted molar refractivity (Wildman–Crippen MR) is 341 cm³/mol.